The molecule has 3 rings (SSSR count). The lowest BCUT2D eigenvalue weighted by Gasteiger charge is -2.01. The fourth-order valence-electron chi connectivity index (χ4n) is 2.06. The lowest BCUT2D eigenvalue weighted by molar-refractivity contribution is -0.362. The van der Waals surface area contributed by atoms with E-state index in [1.807, 2.05) is 24.4 Å². The van der Waals surface area contributed by atoms with Gasteiger partial charge in [-0.3, -0.25) is 0 Å². The van der Waals surface area contributed by atoms with E-state index in [2.05, 4.69) is 41.4 Å². The van der Waals surface area contributed by atoms with Gasteiger partial charge in [-0.25, -0.2) is 4.98 Å². The van der Waals surface area contributed by atoms with Crippen LogP contribution in [0.4, 0.5) is 0 Å². The highest BCUT2D eigenvalue weighted by molar-refractivity contribution is 5.83. The molecule has 2 heteroatoms. The fraction of sp³-hybridized carbons (Fsp3) is 0.0625. The number of aromatic nitrogens is 1. The molecule has 0 aliphatic rings. The van der Waals surface area contributed by atoms with Gasteiger partial charge < -0.3 is 4.74 Å². The third kappa shape index (κ3) is 1.93. The standard InChI is InChI=1S/C16H13NO/c1-18-15-8-6-12(7-9-15)16-10-13-4-2-3-5-14(13)11-17-16/h2-11H,1H3/p+1. The number of hydrogen-bond donors (Lipinski definition) is 0. The van der Waals surface area contributed by atoms with Crippen molar-refractivity contribution >= 4 is 10.8 Å². The van der Waals surface area contributed by atoms with Gasteiger partial charge in [-0.1, -0.05) is 18.2 Å². The van der Waals surface area contributed by atoms with Gasteiger partial charge >= 0.3 is 0 Å². The van der Waals surface area contributed by atoms with E-state index in [9.17, 15) is 0 Å². The van der Waals surface area contributed by atoms with Crippen molar-refractivity contribution in [3.63, 3.8) is 0 Å². The van der Waals surface area contributed by atoms with Gasteiger partial charge in [0, 0.05) is 17.0 Å². The third-order valence-electron chi connectivity index (χ3n) is 3.08. The first-order valence-electron chi connectivity index (χ1n) is 5.92. The van der Waals surface area contributed by atoms with Crippen LogP contribution in [0.3, 0.4) is 0 Å². The van der Waals surface area contributed by atoms with E-state index in [1.54, 1.807) is 7.11 Å². The molecule has 18 heavy (non-hydrogen) atoms. The molecule has 0 saturated heterocycles. The van der Waals surface area contributed by atoms with Gasteiger partial charge in [0.25, 0.3) is 0 Å². The van der Waals surface area contributed by atoms with Gasteiger partial charge in [-0.2, -0.15) is 0 Å². The zero-order valence-electron chi connectivity index (χ0n) is 10.2. The quantitative estimate of drug-likeness (QED) is 0.669. The summed E-state index contributed by atoms with van der Waals surface area (Å²) in [5, 5.41) is 2.46. The van der Waals surface area contributed by atoms with Crippen LogP contribution in [0.15, 0.2) is 60.8 Å². The van der Waals surface area contributed by atoms with Crippen molar-refractivity contribution in [2.45, 2.75) is 0 Å². The van der Waals surface area contributed by atoms with Crippen LogP contribution in [0, 0.1) is 0 Å². The zero-order chi connectivity index (χ0) is 12.4. The van der Waals surface area contributed by atoms with E-state index in [0.717, 1.165) is 17.0 Å². The molecular weight excluding hydrogens is 222 g/mol. The second-order valence-corrected chi connectivity index (χ2v) is 4.20. The number of rotatable bonds is 2. The van der Waals surface area contributed by atoms with E-state index < -0.39 is 0 Å². The Bertz CT molecular complexity index is 674. The number of aromatic amines is 1. The first-order valence-corrected chi connectivity index (χ1v) is 5.92. The van der Waals surface area contributed by atoms with Crippen LogP contribution >= 0.6 is 0 Å². The summed E-state index contributed by atoms with van der Waals surface area (Å²) in [6.07, 6.45) is 2.04. The SMILES string of the molecule is COc1ccc(-c2cc3ccccc3c[nH+]2)cc1. The van der Waals surface area contributed by atoms with Crippen molar-refractivity contribution in [1.82, 2.24) is 0 Å². The maximum Gasteiger partial charge on any atom is 0.211 e. The Morgan fingerprint density at radius 2 is 1.61 bits per heavy atom. The second kappa shape index (κ2) is 4.49. The number of pyridine rings is 1. The van der Waals surface area contributed by atoms with Crippen molar-refractivity contribution in [2.24, 2.45) is 0 Å². The maximum absolute atomic E-state index is 5.17. The van der Waals surface area contributed by atoms with E-state index in [1.165, 1.54) is 10.8 Å². The molecule has 0 saturated carbocycles. The zero-order valence-corrected chi connectivity index (χ0v) is 10.2. The van der Waals surface area contributed by atoms with Gasteiger partial charge in [0.1, 0.15) is 5.75 Å². The molecule has 0 aliphatic carbocycles. The van der Waals surface area contributed by atoms with Crippen molar-refractivity contribution < 1.29 is 9.72 Å². The average molecular weight is 236 g/mol. The molecule has 0 bridgehead atoms. The molecule has 0 aliphatic heterocycles. The highest BCUT2D eigenvalue weighted by atomic mass is 16.5. The van der Waals surface area contributed by atoms with Crippen LogP contribution in [0.25, 0.3) is 22.0 Å². The minimum absolute atomic E-state index is 0.875. The van der Waals surface area contributed by atoms with Crippen LogP contribution in [0.2, 0.25) is 0 Å². The summed E-state index contributed by atoms with van der Waals surface area (Å²) < 4.78 is 5.17. The Kier molecular flexibility index (Phi) is 2.69. The summed E-state index contributed by atoms with van der Waals surface area (Å²) in [4.78, 5) is 3.32. The number of benzene rings is 2. The molecule has 0 unspecified atom stereocenters. The number of nitrogens with one attached hydrogen (secondary N) is 1. The molecule has 1 heterocycles. The summed E-state index contributed by atoms with van der Waals surface area (Å²) in [6, 6.07) is 18.5. The molecule has 2 aromatic carbocycles. The van der Waals surface area contributed by atoms with Crippen LogP contribution in [0.5, 0.6) is 5.75 Å². The van der Waals surface area contributed by atoms with Crippen LogP contribution in [-0.4, -0.2) is 7.11 Å². The third-order valence-corrected chi connectivity index (χ3v) is 3.08. The smallest absolute Gasteiger partial charge is 0.211 e. The van der Waals surface area contributed by atoms with Gasteiger partial charge in [-0.15, -0.1) is 0 Å². The molecule has 1 aromatic heterocycles. The van der Waals surface area contributed by atoms with Crippen molar-refractivity contribution in [2.75, 3.05) is 7.11 Å². The van der Waals surface area contributed by atoms with Gasteiger partial charge in [0.15, 0.2) is 6.20 Å². The molecule has 0 radical (unpaired) electrons. The number of methoxy groups -OCH3 is 1. The minimum Gasteiger partial charge on any atom is -0.497 e. The second-order valence-electron chi connectivity index (χ2n) is 4.20. The minimum atomic E-state index is 0.875. The summed E-state index contributed by atoms with van der Waals surface area (Å²) in [5.41, 5.74) is 2.26. The predicted molar refractivity (Wildman–Crippen MR) is 72.5 cm³/mol. The predicted octanol–water partition coefficient (Wildman–Crippen LogP) is 3.33. The lowest BCUT2D eigenvalue weighted by atomic mass is 10.1. The van der Waals surface area contributed by atoms with E-state index in [0.29, 0.717) is 0 Å². The highest BCUT2D eigenvalue weighted by Crippen LogP contribution is 2.21. The van der Waals surface area contributed by atoms with E-state index in [-0.39, 0.29) is 0 Å². The molecule has 0 atom stereocenters. The highest BCUT2D eigenvalue weighted by Gasteiger charge is 2.06. The van der Waals surface area contributed by atoms with Gasteiger partial charge in [0.2, 0.25) is 5.69 Å². The molecule has 0 fully saturated rings. The molecule has 3 aromatic rings. The van der Waals surface area contributed by atoms with Crippen LogP contribution in [-0.2, 0) is 0 Å². The Balaban J connectivity index is 2.07. The Morgan fingerprint density at radius 1 is 0.889 bits per heavy atom. The number of hydrogen-bond acceptors (Lipinski definition) is 1. The topological polar surface area (TPSA) is 23.4 Å². The van der Waals surface area contributed by atoms with Crippen molar-refractivity contribution in [3.8, 4) is 17.0 Å². The Hall–Kier alpha value is -2.35. The first kappa shape index (κ1) is 10.8. The first-order chi connectivity index (χ1) is 8.86. The maximum atomic E-state index is 5.17. The van der Waals surface area contributed by atoms with Gasteiger partial charge in [0.05, 0.1) is 7.11 Å². The monoisotopic (exact) mass is 236 g/mol. The van der Waals surface area contributed by atoms with Crippen LogP contribution in [0.1, 0.15) is 0 Å². The van der Waals surface area contributed by atoms with Gasteiger partial charge in [-0.05, 0) is 35.7 Å². The Morgan fingerprint density at radius 3 is 2.33 bits per heavy atom. The molecule has 0 spiro atoms. The molecule has 2 nitrogen and oxygen atoms in total. The number of H-pyrrole nitrogens is 1. The van der Waals surface area contributed by atoms with E-state index in [4.69, 9.17) is 4.74 Å². The summed E-state index contributed by atoms with van der Waals surface area (Å²) in [6.45, 7) is 0. The number of ether oxygens (including phenoxy) is 1. The molecule has 1 N–H and O–H groups in total. The number of fused-ring (bicyclic) bond motifs is 1. The summed E-state index contributed by atoms with van der Waals surface area (Å²) in [7, 11) is 1.68. The van der Waals surface area contributed by atoms with Crippen molar-refractivity contribution in [1.29, 1.82) is 0 Å². The van der Waals surface area contributed by atoms with Crippen LogP contribution < -0.4 is 9.72 Å². The summed E-state index contributed by atoms with van der Waals surface area (Å²) in [5.74, 6) is 0.875. The molecule has 88 valence electrons. The average Bonchev–Trinajstić information content (AvgIpc) is 2.47. The Labute approximate surface area is 106 Å². The van der Waals surface area contributed by atoms with Crippen molar-refractivity contribution in [3.05, 3.63) is 60.8 Å². The van der Waals surface area contributed by atoms with E-state index >= 15 is 0 Å². The largest absolute Gasteiger partial charge is 0.497 e. The lowest BCUT2D eigenvalue weighted by Crippen LogP contribution is -2.05. The summed E-state index contributed by atoms with van der Waals surface area (Å²) >= 11 is 0. The normalized spacial score (nSPS) is 10.5. The fourth-order valence-corrected chi connectivity index (χ4v) is 2.06. The molecule has 0 amide bonds. The molecular formula is C16H14NO+.